The summed E-state index contributed by atoms with van der Waals surface area (Å²) in [4.78, 5) is 52.1. The number of imide groups is 1. The fourth-order valence-corrected chi connectivity index (χ4v) is 4.33. The van der Waals surface area contributed by atoms with E-state index >= 15 is 0 Å². The molecule has 1 aliphatic rings. The number of benzene rings is 4. The number of ketones is 1. The number of hydrogen-bond donors (Lipinski definition) is 0. The van der Waals surface area contributed by atoms with Crippen molar-refractivity contribution in [2.24, 2.45) is 0 Å². The molecular formula is C27H15Cl2NO5. The van der Waals surface area contributed by atoms with Crippen LogP contribution < -0.4 is 4.90 Å². The van der Waals surface area contributed by atoms with Gasteiger partial charge < -0.3 is 4.74 Å². The molecule has 2 amide bonds. The summed E-state index contributed by atoms with van der Waals surface area (Å²) in [7, 11) is 0. The smallest absolute Gasteiger partial charge is 0.338 e. The second kappa shape index (κ2) is 8.98. The summed E-state index contributed by atoms with van der Waals surface area (Å²) >= 11 is 12.0. The summed E-state index contributed by atoms with van der Waals surface area (Å²) in [6.45, 7) is -0.457. The molecule has 5 rings (SSSR count). The Morgan fingerprint density at radius 1 is 0.771 bits per heavy atom. The number of fused-ring (bicyclic) bond motifs is 2. The number of amides is 2. The highest BCUT2D eigenvalue weighted by molar-refractivity contribution is 6.44. The fraction of sp³-hybridized carbons (Fsp3) is 0.0370. The van der Waals surface area contributed by atoms with Gasteiger partial charge in [-0.1, -0.05) is 71.7 Å². The van der Waals surface area contributed by atoms with Gasteiger partial charge in [-0.25, -0.2) is 9.69 Å². The minimum atomic E-state index is -0.761. The summed E-state index contributed by atoms with van der Waals surface area (Å²) in [5.74, 6) is -2.27. The van der Waals surface area contributed by atoms with E-state index in [1.807, 2.05) is 30.3 Å². The highest BCUT2D eigenvalue weighted by Crippen LogP contribution is 2.34. The maximum atomic E-state index is 12.9. The van der Waals surface area contributed by atoms with E-state index in [1.165, 1.54) is 36.4 Å². The largest absolute Gasteiger partial charge is 0.454 e. The molecule has 35 heavy (non-hydrogen) atoms. The molecule has 0 bridgehead atoms. The van der Waals surface area contributed by atoms with Gasteiger partial charge in [0.15, 0.2) is 6.61 Å². The van der Waals surface area contributed by atoms with Crippen molar-refractivity contribution in [3.8, 4) is 0 Å². The maximum absolute atomic E-state index is 12.9. The van der Waals surface area contributed by atoms with Crippen LogP contribution in [0.3, 0.4) is 0 Å². The van der Waals surface area contributed by atoms with E-state index in [1.54, 1.807) is 12.1 Å². The minimum Gasteiger partial charge on any atom is -0.454 e. The Kier molecular flexibility index (Phi) is 5.84. The summed E-state index contributed by atoms with van der Waals surface area (Å²) < 4.78 is 5.25. The number of rotatable bonds is 5. The Morgan fingerprint density at radius 3 is 2.11 bits per heavy atom. The van der Waals surface area contributed by atoms with E-state index in [0.717, 1.165) is 15.7 Å². The van der Waals surface area contributed by atoms with Crippen molar-refractivity contribution in [3.05, 3.63) is 111 Å². The molecule has 1 heterocycles. The molecule has 0 radical (unpaired) electrons. The van der Waals surface area contributed by atoms with E-state index in [-0.39, 0.29) is 38.2 Å². The molecule has 0 N–H and O–H groups in total. The van der Waals surface area contributed by atoms with Crippen LogP contribution in [0.5, 0.6) is 0 Å². The SMILES string of the molecule is O=C(OCC(=O)c1cccc2ccccc12)c1cccc(N2C(=O)c3cc(Cl)c(Cl)cc3C2=O)c1. The van der Waals surface area contributed by atoms with Crippen LogP contribution in [0.1, 0.15) is 41.4 Å². The minimum absolute atomic E-state index is 0.0841. The highest BCUT2D eigenvalue weighted by Gasteiger charge is 2.37. The number of anilines is 1. The Hall–Kier alpha value is -4.00. The van der Waals surface area contributed by atoms with Crippen molar-refractivity contribution in [2.45, 2.75) is 0 Å². The van der Waals surface area contributed by atoms with Crippen LogP contribution in [-0.4, -0.2) is 30.2 Å². The van der Waals surface area contributed by atoms with Crippen LogP contribution in [0.2, 0.25) is 10.0 Å². The lowest BCUT2D eigenvalue weighted by atomic mass is 10.0. The Balaban J connectivity index is 1.35. The molecule has 172 valence electrons. The number of hydrogen-bond acceptors (Lipinski definition) is 5. The van der Waals surface area contributed by atoms with Crippen molar-refractivity contribution < 1.29 is 23.9 Å². The third kappa shape index (κ3) is 4.07. The predicted molar refractivity (Wildman–Crippen MR) is 133 cm³/mol. The summed E-state index contributed by atoms with van der Waals surface area (Å²) in [5, 5.41) is 1.98. The molecule has 0 atom stereocenters. The lowest BCUT2D eigenvalue weighted by molar-refractivity contribution is 0.0475. The first-order valence-electron chi connectivity index (χ1n) is 10.5. The Labute approximate surface area is 209 Å². The molecule has 6 nitrogen and oxygen atoms in total. The van der Waals surface area contributed by atoms with E-state index < -0.39 is 24.4 Å². The maximum Gasteiger partial charge on any atom is 0.338 e. The van der Waals surface area contributed by atoms with Gasteiger partial charge in [0.1, 0.15) is 0 Å². The second-order valence-electron chi connectivity index (χ2n) is 7.83. The van der Waals surface area contributed by atoms with E-state index in [4.69, 9.17) is 27.9 Å². The normalized spacial score (nSPS) is 12.7. The molecule has 0 saturated heterocycles. The lowest BCUT2D eigenvalue weighted by Crippen LogP contribution is -2.29. The van der Waals surface area contributed by atoms with Crippen molar-refractivity contribution in [3.63, 3.8) is 0 Å². The first-order valence-corrected chi connectivity index (χ1v) is 11.3. The summed E-state index contributed by atoms with van der Waals surface area (Å²) in [6.07, 6.45) is 0. The lowest BCUT2D eigenvalue weighted by Gasteiger charge is -2.15. The zero-order valence-corrected chi connectivity index (χ0v) is 19.5. The fourth-order valence-electron chi connectivity index (χ4n) is 4.00. The van der Waals surface area contributed by atoms with Crippen LogP contribution in [-0.2, 0) is 4.74 Å². The Morgan fingerprint density at radius 2 is 1.40 bits per heavy atom. The molecule has 0 fully saturated rings. The number of carbonyl (C=O) groups is 4. The van der Waals surface area contributed by atoms with E-state index in [0.29, 0.717) is 5.56 Å². The van der Waals surface area contributed by atoms with Gasteiger partial charge in [0, 0.05) is 5.56 Å². The predicted octanol–water partition coefficient (Wildman–Crippen LogP) is 5.99. The number of halogens is 2. The monoisotopic (exact) mass is 503 g/mol. The summed E-state index contributed by atoms with van der Waals surface area (Å²) in [6, 6.07) is 21.3. The third-order valence-corrected chi connectivity index (χ3v) is 6.41. The van der Waals surface area contributed by atoms with Gasteiger partial charge in [-0.2, -0.15) is 0 Å². The Bertz CT molecular complexity index is 1520. The quantitative estimate of drug-likeness (QED) is 0.190. The molecule has 0 unspecified atom stereocenters. The number of nitrogens with zero attached hydrogens (tertiary/aromatic N) is 1. The van der Waals surface area contributed by atoms with Gasteiger partial charge in [0.05, 0.1) is 32.4 Å². The van der Waals surface area contributed by atoms with Gasteiger partial charge in [-0.15, -0.1) is 0 Å². The molecule has 8 heteroatoms. The van der Waals surface area contributed by atoms with Crippen molar-refractivity contribution in [1.82, 2.24) is 0 Å². The van der Waals surface area contributed by atoms with Gasteiger partial charge in [-0.3, -0.25) is 14.4 Å². The average Bonchev–Trinajstić information content (AvgIpc) is 3.11. The molecule has 1 aliphatic heterocycles. The number of Topliss-reactive ketones (excluding diaryl/α,β-unsaturated/α-hetero) is 1. The van der Waals surface area contributed by atoms with Crippen LogP contribution >= 0.6 is 23.2 Å². The molecule has 0 saturated carbocycles. The standard InChI is InChI=1S/C27H15Cl2NO5/c28-22-12-20-21(13-23(22)29)26(33)30(25(20)32)17-8-3-7-16(11-17)27(34)35-14-24(31)19-10-4-6-15-5-1-2-9-18(15)19/h1-13H,14H2. The molecule has 4 aromatic carbocycles. The first kappa shape index (κ1) is 22.8. The zero-order chi connectivity index (χ0) is 24.7. The second-order valence-corrected chi connectivity index (χ2v) is 8.65. The third-order valence-electron chi connectivity index (χ3n) is 5.69. The zero-order valence-electron chi connectivity index (χ0n) is 18.0. The van der Waals surface area contributed by atoms with Gasteiger partial charge in [0.2, 0.25) is 5.78 Å². The van der Waals surface area contributed by atoms with Crippen LogP contribution in [0.25, 0.3) is 10.8 Å². The molecular weight excluding hydrogens is 489 g/mol. The molecule has 0 aliphatic carbocycles. The number of carbonyl (C=O) groups excluding carboxylic acids is 4. The van der Waals surface area contributed by atoms with Crippen molar-refractivity contribution in [1.29, 1.82) is 0 Å². The summed E-state index contributed by atoms with van der Waals surface area (Å²) in [5.41, 5.74) is 0.961. The first-order chi connectivity index (χ1) is 16.8. The van der Waals surface area contributed by atoms with E-state index in [9.17, 15) is 19.2 Å². The molecule has 4 aromatic rings. The van der Waals surface area contributed by atoms with Crippen LogP contribution in [0.4, 0.5) is 5.69 Å². The van der Waals surface area contributed by atoms with Gasteiger partial charge in [0.25, 0.3) is 11.8 Å². The van der Waals surface area contributed by atoms with Crippen LogP contribution in [0, 0.1) is 0 Å². The van der Waals surface area contributed by atoms with Gasteiger partial charge >= 0.3 is 5.97 Å². The number of esters is 1. The van der Waals surface area contributed by atoms with Crippen molar-refractivity contribution in [2.75, 3.05) is 11.5 Å². The van der Waals surface area contributed by atoms with Gasteiger partial charge in [-0.05, 0) is 41.1 Å². The number of ether oxygens (including phenoxy) is 1. The van der Waals surface area contributed by atoms with Crippen molar-refractivity contribution >= 4 is 63.2 Å². The highest BCUT2D eigenvalue weighted by atomic mass is 35.5. The molecule has 0 aromatic heterocycles. The average molecular weight is 504 g/mol. The van der Waals surface area contributed by atoms with E-state index in [2.05, 4.69) is 0 Å². The van der Waals surface area contributed by atoms with Crippen LogP contribution in [0.15, 0.2) is 78.9 Å². The molecule has 0 spiro atoms. The topological polar surface area (TPSA) is 80.8 Å².